The van der Waals surface area contributed by atoms with E-state index in [-0.39, 0.29) is 10.6 Å². The van der Waals surface area contributed by atoms with Crippen LogP contribution in [0.5, 0.6) is 0 Å². The van der Waals surface area contributed by atoms with Gasteiger partial charge in [-0.25, -0.2) is 0 Å². The van der Waals surface area contributed by atoms with Crippen molar-refractivity contribution >= 4 is 27.3 Å². The van der Waals surface area contributed by atoms with Gasteiger partial charge in [0.15, 0.2) is 0 Å². The second-order valence-electron chi connectivity index (χ2n) is 4.50. The molecule has 5 nitrogen and oxygen atoms in total. The predicted molar refractivity (Wildman–Crippen MR) is 75.4 cm³/mol. The number of alkyl halides is 1. The molecular formula is C12H16BrN3O2. The van der Waals surface area contributed by atoms with E-state index >= 15 is 0 Å². The fourth-order valence-corrected chi connectivity index (χ4v) is 2.46. The number of nitrogens with zero attached hydrogens (tertiary/aromatic N) is 3. The Kier molecular flexibility index (Phi) is 4.19. The lowest BCUT2D eigenvalue weighted by Crippen LogP contribution is -2.44. The number of rotatable bonds is 3. The Morgan fingerprint density at radius 2 is 2.00 bits per heavy atom. The van der Waals surface area contributed by atoms with E-state index in [1.165, 1.54) is 0 Å². The molecule has 1 saturated heterocycles. The molecule has 0 unspecified atom stereocenters. The third-order valence-corrected chi connectivity index (χ3v) is 3.88. The Morgan fingerprint density at radius 3 is 2.56 bits per heavy atom. The van der Waals surface area contributed by atoms with Crippen molar-refractivity contribution in [3.63, 3.8) is 0 Å². The monoisotopic (exact) mass is 313 g/mol. The molecule has 0 spiro atoms. The van der Waals surface area contributed by atoms with Gasteiger partial charge in [-0.3, -0.25) is 10.1 Å². The predicted octanol–water partition coefficient (Wildman–Crippen LogP) is 2.24. The Balaban J connectivity index is 2.29. The Hall–Kier alpha value is -1.14. The van der Waals surface area contributed by atoms with Crippen molar-refractivity contribution in [1.82, 2.24) is 4.90 Å². The summed E-state index contributed by atoms with van der Waals surface area (Å²) in [5.74, 6) is 0. The minimum absolute atomic E-state index is 0.205. The molecule has 2 rings (SSSR count). The summed E-state index contributed by atoms with van der Waals surface area (Å²) in [6.07, 6.45) is 0. The highest BCUT2D eigenvalue weighted by molar-refractivity contribution is 9.08. The van der Waals surface area contributed by atoms with Crippen molar-refractivity contribution in [2.24, 2.45) is 0 Å². The van der Waals surface area contributed by atoms with Gasteiger partial charge in [0.05, 0.1) is 4.92 Å². The molecule has 0 atom stereocenters. The molecule has 1 aromatic carbocycles. The molecule has 1 aromatic rings. The second kappa shape index (κ2) is 5.67. The number of hydrogen-bond donors (Lipinski definition) is 0. The fraction of sp³-hybridized carbons (Fsp3) is 0.500. The highest BCUT2D eigenvalue weighted by atomic mass is 79.9. The van der Waals surface area contributed by atoms with E-state index in [0.717, 1.165) is 37.4 Å². The van der Waals surface area contributed by atoms with Gasteiger partial charge < -0.3 is 9.80 Å². The van der Waals surface area contributed by atoms with E-state index < -0.39 is 0 Å². The molecule has 0 aromatic heterocycles. The molecule has 18 heavy (non-hydrogen) atoms. The number of nitro benzene ring substituents is 1. The molecule has 1 fully saturated rings. The van der Waals surface area contributed by atoms with Crippen LogP contribution in [0.15, 0.2) is 18.2 Å². The highest BCUT2D eigenvalue weighted by Gasteiger charge is 2.22. The van der Waals surface area contributed by atoms with E-state index in [2.05, 4.69) is 32.8 Å². The minimum Gasteiger partial charge on any atom is -0.363 e. The van der Waals surface area contributed by atoms with Gasteiger partial charge in [-0.15, -0.1) is 0 Å². The van der Waals surface area contributed by atoms with Gasteiger partial charge in [0.1, 0.15) is 5.69 Å². The first-order chi connectivity index (χ1) is 8.61. The zero-order chi connectivity index (χ0) is 13.1. The molecule has 1 heterocycles. The maximum atomic E-state index is 11.2. The van der Waals surface area contributed by atoms with Crippen LogP contribution in [0.2, 0.25) is 0 Å². The van der Waals surface area contributed by atoms with Crippen molar-refractivity contribution in [3.8, 4) is 0 Å². The number of hydrogen-bond acceptors (Lipinski definition) is 4. The number of anilines is 1. The standard InChI is InChI=1S/C12H16BrN3O2/c1-14-4-6-15(7-5-14)11-3-2-10(9-13)8-12(11)16(17)18/h2-3,8H,4-7,9H2,1H3. The quantitative estimate of drug-likeness (QED) is 0.488. The molecular weight excluding hydrogens is 298 g/mol. The number of nitro groups is 1. The van der Waals surface area contributed by atoms with Gasteiger partial charge in [-0.05, 0) is 18.7 Å². The zero-order valence-electron chi connectivity index (χ0n) is 10.3. The summed E-state index contributed by atoms with van der Waals surface area (Å²) in [6, 6.07) is 5.46. The number of benzene rings is 1. The lowest BCUT2D eigenvalue weighted by molar-refractivity contribution is -0.384. The van der Waals surface area contributed by atoms with Crippen LogP contribution < -0.4 is 4.90 Å². The van der Waals surface area contributed by atoms with Crippen molar-refractivity contribution < 1.29 is 4.92 Å². The van der Waals surface area contributed by atoms with Gasteiger partial charge in [-0.2, -0.15) is 0 Å². The van der Waals surface area contributed by atoms with Crippen molar-refractivity contribution in [1.29, 1.82) is 0 Å². The maximum absolute atomic E-state index is 11.2. The van der Waals surface area contributed by atoms with Crippen LogP contribution in [0.1, 0.15) is 5.56 Å². The van der Waals surface area contributed by atoms with Crippen LogP contribution >= 0.6 is 15.9 Å². The summed E-state index contributed by atoms with van der Waals surface area (Å²) < 4.78 is 0. The van der Waals surface area contributed by atoms with Crippen LogP contribution in [-0.4, -0.2) is 43.0 Å². The van der Waals surface area contributed by atoms with E-state index in [9.17, 15) is 10.1 Å². The third kappa shape index (κ3) is 2.81. The topological polar surface area (TPSA) is 49.6 Å². The van der Waals surface area contributed by atoms with Gasteiger partial charge in [0.2, 0.25) is 0 Å². The maximum Gasteiger partial charge on any atom is 0.292 e. The van der Waals surface area contributed by atoms with Crippen LogP contribution in [0.25, 0.3) is 0 Å². The zero-order valence-corrected chi connectivity index (χ0v) is 11.9. The molecule has 0 aliphatic carbocycles. The summed E-state index contributed by atoms with van der Waals surface area (Å²) in [5, 5.41) is 11.8. The average molecular weight is 314 g/mol. The molecule has 0 N–H and O–H groups in total. The summed E-state index contributed by atoms with van der Waals surface area (Å²) in [5.41, 5.74) is 1.87. The molecule has 98 valence electrons. The largest absolute Gasteiger partial charge is 0.363 e. The van der Waals surface area contributed by atoms with Gasteiger partial charge >= 0.3 is 0 Å². The van der Waals surface area contributed by atoms with Crippen LogP contribution in [-0.2, 0) is 5.33 Å². The van der Waals surface area contributed by atoms with E-state index in [4.69, 9.17) is 0 Å². The highest BCUT2D eigenvalue weighted by Crippen LogP contribution is 2.30. The van der Waals surface area contributed by atoms with Gasteiger partial charge in [0, 0.05) is 37.6 Å². The minimum atomic E-state index is -0.292. The number of halogens is 1. The first-order valence-electron chi connectivity index (χ1n) is 5.88. The lowest BCUT2D eigenvalue weighted by Gasteiger charge is -2.33. The first-order valence-corrected chi connectivity index (χ1v) is 7.00. The molecule has 1 aliphatic heterocycles. The normalized spacial score (nSPS) is 16.9. The van der Waals surface area contributed by atoms with Crippen LogP contribution in [0, 0.1) is 10.1 Å². The average Bonchev–Trinajstić information content (AvgIpc) is 2.39. The number of piperazine rings is 1. The molecule has 0 radical (unpaired) electrons. The smallest absolute Gasteiger partial charge is 0.292 e. The van der Waals surface area contributed by atoms with E-state index in [1.807, 2.05) is 12.1 Å². The van der Waals surface area contributed by atoms with Gasteiger partial charge in [0.25, 0.3) is 5.69 Å². The van der Waals surface area contributed by atoms with Gasteiger partial charge in [-0.1, -0.05) is 22.0 Å². The van der Waals surface area contributed by atoms with Crippen LogP contribution in [0.3, 0.4) is 0 Å². The summed E-state index contributed by atoms with van der Waals surface area (Å²) >= 11 is 3.33. The summed E-state index contributed by atoms with van der Waals surface area (Å²) in [6.45, 7) is 3.56. The Labute approximate surface area is 115 Å². The second-order valence-corrected chi connectivity index (χ2v) is 5.06. The lowest BCUT2D eigenvalue weighted by atomic mass is 10.1. The van der Waals surface area contributed by atoms with Crippen LogP contribution in [0.4, 0.5) is 11.4 Å². The summed E-state index contributed by atoms with van der Waals surface area (Å²) in [4.78, 5) is 15.2. The Morgan fingerprint density at radius 1 is 1.33 bits per heavy atom. The Bertz CT molecular complexity index is 445. The molecule has 6 heteroatoms. The van der Waals surface area contributed by atoms with Crippen molar-refractivity contribution in [3.05, 3.63) is 33.9 Å². The first kappa shape index (κ1) is 13.3. The molecule has 0 bridgehead atoms. The fourth-order valence-electron chi connectivity index (χ4n) is 2.11. The summed E-state index contributed by atoms with van der Waals surface area (Å²) in [7, 11) is 2.07. The van der Waals surface area contributed by atoms with Crippen molar-refractivity contribution in [2.45, 2.75) is 5.33 Å². The molecule has 0 amide bonds. The molecule has 0 saturated carbocycles. The molecule has 1 aliphatic rings. The third-order valence-electron chi connectivity index (χ3n) is 3.23. The van der Waals surface area contributed by atoms with Crippen molar-refractivity contribution in [2.75, 3.05) is 38.1 Å². The van der Waals surface area contributed by atoms with E-state index in [0.29, 0.717) is 5.33 Å². The van der Waals surface area contributed by atoms with E-state index in [1.54, 1.807) is 6.07 Å². The SMILES string of the molecule is CN1CCN(c2ccc(CBr)cc2[N+](=O)[O-])CC1. The number of likely N-dealkylation sites (N-methyl/N-ethyl adjacent to an activating group) is 1.